The van der Waals surface area contributed by atoms with Crippen molar-refractivity contribution in [1.29, 1.82) is 0 Å². The molecule has 0 aliphatic rings. The Balaban J connectivity index is 1.99. The highest BCUT2D eigenvalue weighted by Crippen LogP contribution is 2.22. The summed E-state index contributed by atoms with van der Waals surface area (Å²) in [5.41, 5.74) is 5.52. The van der Waals surface area contributed by atoms with Gasteiger partial charge in [0.2, 0.25) is 5.91 Å². The Hall–Kier alpha value is -2.74. The molecule has 8 heteroatoms. The number of amides is 3. The van der Waals surface area contributed by atoms with Gasteiger partial charge < -0.3 is 9.73 Å². The quantitative estimate of drug-likeness (QED) is 0.521. The second-order valence-corrected chi connectivity index (χ2v) is 7.26. The minimum absolute atomic E-state index is 0.0573. The molecule has 0 saturated carbocycles. The van der Waals surface area contributed by atoms with Crippen LogP contribution >= 0.6 is 11.8 Å². The largest absolute Gasteiger partial charge is 0.466 e. The van der Waals surface area contributed by atoms with Gasteiger partial charge in [0, 0.05) is 10.9 Å². The van der Waals surface area contributed by atoms with Gasteiger partial charge in [0.25, 0.3) is 11.8 Å². The topological polar surface area (TPSA) is 100 Å². The standard InChI is InChI=1S/C19H23N3O4S/c1-11(2)20-17(23)10-27-16-8-6-5-7-14(16)18(24)21-22-19(25)15-9-12(3)26-13(15)4/h5-9,11H,10H2,1-4H3,(H,20,23)(H,21,24)(H,22,25). The van der Waals surface area contributed by atoms with Crippen LogP contribution in [0.2, 0.25) is 0 Å². The summed E-state index contributed by atoms with van der Waals surface area (Å²) in [4.78, 5) is 37.1. The number of carbonyl (C=O) groups excluding carboxylic acids is 3. The molecule has 3 N–H and O–H groups in total. The lowest BCUT2D eigenvalue weighted by Crippen LogP contribution is -2.41. The third-order valence-corrected chi connectivity index (χ3v) is 4.59. The smallest absolute Gasteiger partial charge is 0.273 e. The van der Waals surface area contributed by atoms with Crippen LogP contribution in [0.4, 0.5) is 0 Å². The number of carbonyl (C=O) groups is 3. The molecular weight excluding hydrogens is 366 g/mol. The second-order valence-electron chi connectivity index (χ2n) is 6.24. The van der Waals surface area contributed by atoms with Crippen molar-refractivity contribution in [3.8, 4) is 0 Å². The van der Waals surface area contributed by atoms with Gasteiger partial charge in [-0.2, -0.15) is 0 Å². The molecule has 0 aliphatic carbocycles. The van der Waals surface area contributed by atoms with Gasteiger partial charge in [0.05, 0.1) is 16.9 Å². The van der Waals surface area contributed by atoms with Crippen molar-refractivity contribution in [2.75, 3.05) is 5.75 Å². The minimum atomic E-state index is -0.464. The van der Waals surface area contributed by atoms with E-state index in [4.69, 9.17) is 4.42 Å². The molecule has 27 heavy (non-hydrogen) atoms. The Bertz CT molecular complexity index is 845. The number of hydrogen-bond donors (Lipinski definition) is 3. The van der Waals surface area contributed by atoms with Crippen molar-refractivity contribution in [1.82, 2.24) is 16.2 Å². The highest BCUT2D eigenvalue weighted by molar-refractivity contribution is 8.00. The van der Waals surface area contributed by atoms with E-state index in [2.05, 4.69) is 16.2 Å². The van der Waals surface area contributed by atoms with Gasteiger partial charge in [0.15, 0.2) is 0 Å². The maximum absolute atomic E-state index is 12.5. The van der Waals surface area contributed by atoms with E-state index >= 15 is 0 Å². The summed E-state index contributed by atoms with van der Waals surface area (Å²) >= 11 is 1.26. The fourth-order valence-electron chi connectivity index (χ4n) is 2.39. The maximum atomic E-state index is 12.5. The minimum Gasteiger partial charge on any atom is -0.466 e. The fourth-order valence-corrected chi connectivity index (χ4v) is 3.25. The number of thioether (sulfide) groups is 1. The van der Waals surface area contributed by atoms with E-state index in [1.54, 1.807) is 44.2 Å². The Morgan fingerprint density at radius 2 is 1.67 bits per heavy atom. The van der Waals surface area contributed by atoms with Crippen LogP contribution in [0.5, 0.6) is 0 Å². The predicted molar refractivity (Wildman–Crippen MR) is 104 cm³/mol. The average Bonchev–Trinajstić information content (AvgIpc) is 2.95. The van der Waals surface area contributed by atoms with Crippen molar-refractivity contribution in [3.63, 3.8) is 0 Å². The Kier molecular flexibility index (Phi) is 7.06. The number of nitrogens with one attached hydrogen (secondary N) is 3. The second kappa shape index (κ2) is 9.27. The van der Waals surface area contributed by atoms with Gasteiger partial charge in [-0.1, -0.05) is 12.1 Å². The third-order valence-electron chi connectivity index (χ3n) is 3.52. The number of hydrogen-bond acceptors (Lipinski definition) is 5. The first-order chi connectivity index (χ1) is 12.8. The number of aryl methyl sites for hydroxylation is 2. The van der Waals surface area contributed by atoms with Crippen LogP contribution in [-0.2, 0) is 4.79 Å². The fraction of sp³-hybridized carbons (Fsp3) is 0.316. The molecule has 0 aliphatic heterocycles. The Morgan fingerprint density at radius 1 is 1.04 bits per heavy atom. The van der Waals surface area contributed by atoms with Crippen molar-refractivity contribution in [3.05, 3.63) is 53.0 Å². The van der Waals surface area contributed by atoms with Crippen LogP contribution in [0.1, 0.15) is 46.1 Å². The number of hydrazine groups is 1. The van der Waals surface area contributed by atoms with Crippen LogP contribution in [-0.4, -0.2) is 29.5 Å². The maximum Gasteiger partial charge on any atom is 0.273 e. The van der Waals surface area contributed by atoms with E-state index in [0.29, 0.717) is 27.5 Å². The van der Waals surface area contributed by atoms with E-state index < -0.39 is 11.8 Å². The first-order valence-corrected chi connectivity index (χ1v) is 9.45. The molecule has 3 amide bonds. The van der Waals surface area contributed by atoms with E-state index in [9.17, 15) is 14.4 Å². The van der Waals surface area contributed by atoms with E-state index in [0.717, 1.165) is 0 Å². The number of rotatable bonds is 6. The molecular formula is C19H23N3O4S. The Labute approximate surface area is 162 Å². The summed E-state index contributed by atoms with van der Waals surface area (Å²) in [7, 11) is 0. The van der Waals surface area contributed by atoms with Crippen LogP contribution in [0.15, 0.2) is 39.6 Å². The molecule has 0 fully saturated rings. The summed E-state index contributed by atoms with van der Waals surface area (Å²) in [6.07, 6.45) is 0. The number of benzene rings is 1. The lowest BCUT2D eigenvalue weighted by atomic mass is 10.2. The van der Waals surface area contributed by atoms with Crippen molar-refractivity contribution in [2.24, 2.45) is 0 Å². The summed E-state index contributed by atoms with van der Waals surface area (Å²) in [5, 5.41) is 2.80. The van der Waals surface area contributed by atoms with Gasteiger partial charge >= 0.3 is 0 Å². The van der Waals surface area contributed by atoms with Gasteiger partial charge in [-0.05, 0) is 45.9 Å². The summed E-state index contributed by atoms with van der Waals surface area (Å²) in [6.45, 7) is 7.19. The van der Waals surface area contributed by atoms with Crippen LogP contribution in [0, 0.1) is 13.8 Å². The first kappa shape index (κ1) is 20.6. The summed E-state index contributed by atoms with van der Waals surface area (Å²) < 4.78 is 5.31. The molecule has 1 aromatic heterocycles. The van der Waals surface area contributed by atoms with Crippen LogP contribution < -0.4 is 16.2 Å². The number of furan rings is 1. The van der Waals surface area contributed by atoms with Crippen LogP contribution in [0.25, 0.3) is 0 Å². The molecule has 0 radical (unpaired) electrons. The lowest BCUT2D eigenvalue weighted by molar-refractivity contribution is -0.119. The normalized spacial score (nSPS) is 10.6. The molecule has 0 unspecified atom stereocenters. The molecule has 2 aromatic rings. The SMILES string of the molecule is Cc1cc(C(=O)NNC(=O)c2ccccc2SCC(=O)NC(C)C)c(C)o1. The zero-order valence-corrected chi connectivity index (χ0v) is 16.5. The van der Waals surface area contributed by atoms with Gasteiger partial charge in [-0.25, -0.2) is 0 Å². The van der Waals surface area contributed by atoms with E-state index in [-0.39, 0.29) is 17.7 Å². The molecule has 0 saturated heterocycles. The van der Waals surface area contributed by atoms with Crippen molar-refractivity contribution < 1.29 is 18.8 Å². The summed E-state index contributed by atoms with van der Waals surface area (Å²) in [6, 6.07) is 8.56. The van der Waals surface area contributed by atoms with E-state index in [1.165, 1.54) is 11.8 Å². The molecule has 1 heterocycles. The zero-order chi connectivity index (χ0) is 20.0. The highest BCUT2D eigenvalue weighted by atomic mass is 32.2. The molecule has 0 bridgehead atoms. The molecule has 0 atom stereocenters. The monoisotopic (exact) mass is 389 g/mol. The van der Waals surface area contributed by atoms with Crippen molar-refractivity contribution in [2.45, 2.75) is 38.6 Å². The van der Waals surface area contributed by atoms with Crippen molar-refractivity contribution >= 4 is 29.5 Å². The van der Waals surface area contributed by atoms with Gasteiger partial charge in [-0.15, -0.1) is 11.8 Å². The molecule has 0 spiro atoms. The van der Waals surface area contributed by atoms with Gasteiger partial charge in [0.1, 0.15) is 11.5 Å². The molecule has 2 rings (SSSR count). The Morgan fingerprint density at radius 3 is 2.26 bits per heavy atom. The predicted octanol–water partition coefficient (Wildman–Crippen LogP) is 2.59. The molecule has 1 aromatic carbocycles. The van der Waals surface area contributed by atoms with Crippen LogP contribution in [0.3, 0.4) is 0 Å². The highest BCUT2D eigenvalue weighted by Gasteiger charge is 2.16. The molecule has 144 valence electrons. The average molecular weight is 389 g/mol. The van der Waals surface area contributed by atoms with E-state index in [1.807, 2.05) is 13.8 Å². The molecule has 7 nitrogen and oxygen atoms in total. The zero-order valence-electron chi connectivity index (χ0n) is 15.7. The van der Waals surface area contributed by atoms with Gasteiger partial charge in [-0.3, -0.25) is 25.2 Å². The summed E-state index contributed by atoms with van der Waals surface area (Å²) in [5.74, 6) is 0.260. The third kappa shape index (κ3) is 5.89. The first-order valence-electron chi connectivity index (χ1n) is 8.47. The lowest BCUT2D eigenvalue weighted by Gasteiger charge is -2.11.